The summed E-state index contributed by atoms with van der Waals surface area (Å²) in [6.07, 6.45) is 7.18. The quantitative estimate of drug-likeness (QED) is 0.0123. The van der Waals surface area contributed by atoms with Crippen LogP contribution in [0.3, 0.4) is 0 Å². The maximum atomic E-state index is 16.0. The van der Waals surface area contributed by atoms with Crippen LogP contribution < -0.4 is 26.6 Å². The van der Waals surface area contributed by atoms with Crippen molar-refractivity contribution in [1.82, 2.24) is 56.2 Å². The lowest BCUT2D eigenvalue weighted by Gasteiger charge is -2.40. The van der Waals surface area contributed by atoms with Crippen molar-refractivity contribution in [2.24, 2.45) is 46.4 Å². The number of likely N-dealkylation sites (tertiary alicyclic amines) is 2. The third-order valence-corrected chi connectivity index (χ3v) is 23.9. The van der Waals surface area contributed by atoms with Gasteiger partial charge in [-0.1, -0.05) is 150 Å². The molecule has 640 valence electrons. The van der Waals surface area contributed by atoms with E-state index >= 15 is 9.59 Å². The number of nitrogens with one attached hydrogen (secondary N) is 5. The molecule has 8 amide bonds. The minimum absolute atomic E-state index is 0.00420. The number of rotatable bonds is 46. The Morgan fingerprint density at radius 2 is 1.09 bits per heavy atom. The maximum Gasteiger partial charge on any atom is 0.306 e. The van der Waals surface area contributed by atoms with Gasteiger partial charge in [-0.05, 0) is 152 Å². The van der Waals surface area contributed by atoms with Crippen LogP contribution >= 0.6 is 22.7 Å². The number of aromatic nitrogens is 2. The molecule has 2 aliphatic heterocycles. The van der Waals surface area contributed by atoms with E-state index in [2.05, 4.69) is 31.6 Å². The molecule has 30 heteroatoms. The molecule has 4 aromatic rings. The number of thiazole rings is 2. The molecule has 2 saturated heterocycles. The van der Waals surface area contributed by atoms with Crippen LogP contribution in [0.15, 0.2) is 70.3 Å². The molecule has 14 atom stereocenters. The van der Waals surface area contributed by atoms with E-state index in [1.807, 2.05) is 148 Å². The Hall–Kier alpha value is -8.87. The summed E-state index contributed by atoms with van der Waals surface area (Å²) in [5, 5.41) is 38.6. The van der Waals surface area contributed by atoms with E-state index in [1.54, 1.807) is 13.8 Å². The number of benzene rings is 2. The van der Waals surface area contributed by atoms with E-state index < -0.39 is 156 Å². The van der Waals surface area contributed by atoms with Crippen LogP contribution in [-0.4, -0.2) is 212 Å². The van der Waals surface area contributed by atoms with E-state index in [0.717, 1.165) is 78.0 Å². The van der Waals surface area contributed by atoms with Gasteiger partial charge in [-0.15, -0.1) is 22.7 Å². The monoisotopic (exact) mass is 1650 g/mol. The first-order valence-electron chi connectivity index (χ1n) is 41.4. The van der Waals surface area contributed by atoms with Crippen molar-refractivity contribution in [2.75, 3.05) is 46.8 Å². The summed E-state index contributed by atoms with van der Waals surface area (Å²) < 4.78 is 12.0. The number of carbonyl (C=O) groups excluding carboxylic acids is 10. The lowest BCUT2D eigenvalue weighted by molar-refractivity contribution is -0.151. The van der Waals surface area contributed by atoms with E-state index in [0.29, 0.717) is 58.0 Å². The molecule has 2 aromatic carbocycles. The van der Waals surface area contributed by atoms with Crippen LogP contribution in [0.1, 0.15) is 247 Å². The summed E-state index contributed by atoms with van der Waals surface area (Å²) >= 11 is 2.13. The Labute approximate surface area is 693 Å². The molecule has 116 heavy (non-hydrogen) atoms. The van der Waals surface area contributed by atoms with Crippen LogP contribution in [0.5, 0.6) is 0 Å². The van der Waals surface area contributed by atoms with Gasteiger partial charge in [-0.2, -0.15) is 0 Å². The topological polar surface area (TPSA) is 375 Å². The second kappa shape index (κ2) is 47.5. The summed E-state index contributed by atoms with van der Waals surface area (Å²) in [5.74, 6) is -11.6. The molecule has 0 saturated carbocycles. The number of esters is 2. The molecule has 7 N–H and O–H groups in total. The number of hydrogen-bond donors (Lipinski definition) is 7. The van der Waals surface area contributed by atoms with Crippen LogP contribution in [-0.2, 0) is 76.7 Å². The van der Waals surface area contributed by atoms with Crippen molar-refractivity contribution < 1.29 is 77.2 Å². The highest BCUT2D eigenvalue weighted by atomic mass is 32.1. The summed E-state index contributed by atoms with van der Waals surface area (Å²) in [5.41, 5.74) is 2.43. The number of aryl methyl sites for hydroxylation is 1. The zero-order valence-electron chi connectivity index (χ0n) is 70.9. The largest absolute Gasteiger partial charge is 0.481 e. The van der Waals surface area contributed by atoms with Gasteiger partial charge in [-0.25, -0.2) is 15.0 Å². The van der Waals surface area contributed by atoms with Gasteiger partial charge in [0.15, 0.2) is 12.2 Å². The first-order valence-corrected chi connectivity index (χ1v) is 43.1. The zero-order chi connectivity index (χ0) is 85.6. The minimum Gasteiger partial charge on any atom is -0.481 e. The second-order valence-corrected chi connectivity index (χ2v) is 34.6. The third-order valence-electron chi connectivity index (χ3n) is 22.1. The van der Waals surface area contributed by atoms with Crippen LogP contribution in [0.2, 0.25) is 0 Å². The smallest absolute Gasteiger partial charge is 0.306 e. The number of carboxylic acid groups (broad SMARTS) is 2. The number of unbranched alkanes of at least 4 members (excludes halogenated alkanes) is 1. The molecule has 2 aromatic heterocycles. The van der Waals surface area contributed by atoms with E-state index in [4.69, 9.17) is 19.4 Å². The standard InChI is InChI=1S/C86H128N12O16S2/c1-17-19-36-87-74(101)47-97(70(51(3)4)44-72(113-58(13)99)81-92-66(49-115-81)77(103)90-63(39-56(11)85(109)110)42-60-28-21-20-22-29-60)83(107)65(46-88-79(105)68-32-23-25-37-95(68)15)55(10)34-35-61-30-27-31-62(41-61)43-64(40-57(12)86(111)112)91-78(104)67-50-116-82(93-67)73(114-59(14)100)45-71(52(5)6)98(48-75(102)89-53(7)8)84(108)76(54(9)18-2)94-80(106)69-33-24-26-38-96(69)16/h20-22,27-31,41,46,49-57,63-65,68-73,76H,17-19,23-26,32-40,42-45,47-48H2,1-16H3,(H,87,101)(H,89,102)(H,90,103)(H,91,104)(H,94,106)(H,109,110)(H,111,112). The Kier molecular flexibility index (Phi) is 39.3. The van der Waals surface area contributed by atoms with Crippen LogP contribution in [0, 0.1) is 41.4 Å². The fraction of sp³-hybridized carbons (Fsp3) is 0.640. The first-order chi connectivity index (χ1) is 55.0. The highest BCUT2D eigenvalue weighted by Gasteiger charge is 2.42. The lowest BCUT2D eigenvalue weighted by atomic mass is 9.86. The second-order valence-electron chi connectivity index (χ2n) is 32.8. The molecule has 6 rings (SSSR count). The molecule has 0 bridgehead atoms. The van der Waals surface area contributed by atoms with Crippen molar-refractivity contribution in [2.45, 2.75) is 267 Å². The Balaban J connectivity index is 1.29. The highest BCUT2D eigenvalue weighted by Crippen LogP contribution is 2.35. The number of piperidine rings is 2. The molecule has 0 aliphatic carbocycles. The zero-order valence-corrected chi connectivity index (χ0v) is 72.5. The highest BCUT2D eigenvalue weighted by molar-refractivity contribution is 7.10. The SMILES string of the molecule is CCCCNC(=O)CN(C(=O)C(C=NC(=O)C1CCCCN1C)C(C)CCc1cccc(CC(CC(C)C(=O)O)NC(=O)c2csc(C(CC(C(C)C)N(CC(=O)NC(C)C)C(=O)C(NC(=O)C3CCCCN3C)C(C)CC)OC(C)=O)n2)c1)C(CC(OC(C)=O)c1nc(C(=O)NC(Cc2ccccc2)CC(C)C(=O)O)cs1)C(C)C. The van der Waals surface area contributed by atoms with Crippen molar-refractivity contribution in [3.63, 3.8) is 0 Å². The number of carbonyl (C=O) groups is 12. The van der Waals surface area contributed by atoms with E-state index in [1.165, 1.54) is 40.6 Å². The average molecular weight is 1650 g/mol. The molecule has 0 radical (unpaired) electrons. The number of ether oxygens (including phenoxy) is 2. The van der Waals surface area contributed by atoms with Gasteiger partial charge in [0.05, 0.1) is 42.9 Å². The Morgan fingerprint density at radius 3 is 1.57 bits per heavy atom. The van der Waals surface area contributed by atoms with Gasteiger partial charge in [0.2, 0.25) is 29.5 Å². The molecular weight excluding hydrogens is 1520 g/mol. The predicted octanol–water partition coefficient (Wildman–Crippen LogP) is 10.6. The fourth-order valence-electron chi connectivity index (χ4n) is 15.1. The molecule has 2 aliphatic rings. The molecular formula is C86H128N12O16S2. The van der Waals surface area contributed by atoms with Gasteiger partial charge >= 0.3 is 23.9 Å². The Morgan fingerprint density at radius 1 is 0.595 bits per heavy atom. The number of nitrogens with zero attached hydrogens (tertiary/aromatic N) is 7. The van der Waals surface area contributed by atoms with E-state index in [9.17, 15) is 58.2 Å². The lowest BCUT2D eigenvalue weighted by Crippen LogP contribution is -2.60. The molecule has 0 spiro atoms. The normalized spacial score (nSPS) is 17.9. The predicted molar refractivity (Wildman–Crippen MR) is 446 cm³/mol. The van der Waals surface area contributed by atoms with Gasteiger partial charge in [0.25, 0.3) is 17.7 Å². The summed E-state index contributed by atoms with van der Waals surface area (Å²) in [4.78, 5) is 188. The minimum atomic E-state index is -1.13. The third kappa shape index (κ3) is 30.2. The van der Waals surface area contributed by atoms with Crippen molar-refractivity contribution in [3.05, 3.63) is 103 Å². The molecule has 14 unspecified atom stereocenters. The number of hydrogen-bond acceptors (Lipinski definition) is 20. The van der Waals surface area contributed by atoms with Gasteiger partial charge < -0.3 is 56.1 Å². The first kappa shape index (κ1) is 96.0. The average Bonchev–Trinajstić information content (AvgIpc) is 1.27. The fourth-order valence-corrected chi connectivity index (χ4v) is 16.8. The summed E-state index contributed by atoms with van der Waals surface area (Å²) in [6, 6.07) is 11.8. The summed E-state index contributed by atoms with van der Waals surface area (Å²) in [6.45, 7) is 25.4. The number of aliphatic carboxylic acids is 2. The summed E-state index contributed by atoms with van der Waals surface area (Å²) in [7, 11) is 3.76. The van der Waals surface area contributed by atoms with Gasteiger partial charge in [0, 0.05) is 80.4 Å². The molecule has 2 fully saturated rings. The maximum absolute atomic E-state index is 16.0. The Bertz CT molecular complexity index is 3940. The van der Waals surface area contributed by atoms with E-state index in [-0.39, 0.29) is 83.8 Å². The molecule has 4 heterocycles. The number of aliphatic imine (C=N–C) groups is 1. The van der Waals surface area contributed by atoms with Crippen molar-refractivity contribution in [1.29, 1.82) is 0 Å². The number of carboxylic acids is 2. The van der Waals surface area contributed by atoms with Gasteiger partial charge in [-0.3, -0.25) is 67.3 Å². The van der Waals surface area contributed by atoms with Crippen molar-refractivity contribution >= 4 is 100 Å². The van der Waals surface area contributed by atoms with Crippen LogP contribution in [0.25, 0.3) is 0 Å². The number of amides is 8. The van der Waals surface area contributed by atoms with Gasteiger partial charge in [0.1, 0.15) is 27.4 Å². The van der Waals surface area contributed by atoms with Crippen molar-refractivity contribution in [3.8, 4) is 0 Å². The molecule has 28 nitrogen and oxygen atoms in total. The van der Waals surface area contributed by atoms with Crippen LogP contribution in [0.4, 0.5) is 0 Å². The number of likely N-dealkylation sites (N-methyl/N-ethyl adjacent to an activating group) is 2.